The first-order valence-corrected chi connectivity index (χ1v) is 10.9. The Hall–Kier alpha value is -2.50. The normalized spacial score (nSPS) is 23.5. The van der Waals surface area contributed by atoms with Crippen LogP contribution >= 0.6 is 0 Å². The van der Waals surface area contributed by atoms with Gasteiger partial charge in [0.2, 0.25) is 0 Å². The Morgan fingerprint density at radius 1 is 1.10 bits per heavy atom. The molecule has 1 saturated heterocycles. The van der Waals surface area contributed by atoms with E-state index in [9.17, 15) is 24.6 Å². The van der Waals surface area contributed by atoms with Crippen LogP contribution in [0.5, 0.6) is 0 Å². The summed E-state index contributed by atoms with van der Waals surface area (Å²) in [6.07, 6.45) is -1.05. The van der Waals surface area contributed by atoms with Crippen molar-refractivity contribution >= 4 is 17.1 Å². The molecule has 0 aliphatic carbocycles. The molecular formula is C20H31N5O6. The third-order valence-corrected chi connectivity index (χ3v) is 5.53. The number of amides is 1. The summed E-state index contributed by atoms with van der Waals surface area (Å²) >= 11 is 0. The van der Waals surface area contributed by atoms with E-state index in [2.05, 4.69) is 10.3 Å². The zero-order chi connectivity index (χ0) is 22.7. The van der Waals surface area contributed by atoms with E-state index in [0.29, 0.717) is 19.5 Å². The second-order valence-corrected chi connectivity index (χ2v) is 7.75. The summed E-state index contributed by atoms with van der Waals surface area (Å²) in [5.41, 5.74) is -0.661. The average molecular weight is 437 g/mol. The summed E-state index contributed by atoms with van der Waals surface area (Å²) in [5, 5.41) is 23.5. The molecule has 0 radical (unpaired) electrons. The highest BCUT2D eigenvalue weighted by Gasteiger charge is 2.47. The topological polar surface area (TPSA) is 141 Å². The van der Waals surface area contributed by atoms with Crippen LogP contribution in [0.3, 0.4) is 0 Å². The second kappa shape index (κ2) is 9.75. The Balaban J connectivity index is 2.13. The molecule has 0 saturated carbocycles. The van der Waals surface area contributed by atoms with Gasteiger partial charge in [-0.3, -0.25) is 23.3 Å². The van der Waals surface area contributed by atoms with Gasteiger partial charge in [0.25, 0.3) is 11.5 Å². The first-order chi connectivity index (χ1) is 14.9. The third-order valence-electron chi connectivity index (χ3n) is 5.53. The number of unbranched alkanes of at least 4 members (excludes halogenated alkanes) is 2. The number of aromatic nitrogens is 4. The number of carbonyl (C=O) groups excluding carboxylic acids is 1. The van der Waals surface area contributed by atoms with E-state index in [1.54, 1.807) is 6.92 Å². The van der Waals surface area contributed by atoms with Gasteiger partial charge in [0.15, 0.2) is 23.5 Å². The van der Waals surface area contributed by atoms with Crippen LogP contribution in [-0.4, -0.2) is 59.7 Å². The Morgan fingerprint density at radius 3 is 2.35 bits per heavy atom. The number of fused-ring (bicyclic) bond motifs is 1. The highest BCUT2D eigenvalue weighted by molar-refractivity contribution is 5.82. The molecule has 0 unspecified atom stereocenters. The van der Waals surface area contributed by atoms with Crippen LogP contribution in [0.15, 0.2) is 15.9 Å². The summed E-state index contributed by atoms with van der Waals surface area (Å²) in [6.45, 7) is 6.69. The van der Waals surface area contributed by atoms with Gasteiger partial charge in [-0.2, -0.15) is 0 Å². The van der Waals surface area contributed by atoms with Gasteiger partial charge in [-0.1, -0.05) is 26.7 Å². The van der Waals surface area contributed by atoms with Gasteiger partial charge in [-0.25, -0.2) is 9.78 Å². The van der Waals surface area contributed by atoms with Crippen molar-refractivity contribution in [2.24, 2.45) is 0 Å². The lowest BCUT2D eigenvalue weighted by Crippen LogP contribution is -2.42. The highest BCUT2D eigenvalue weighted by Crippen LogP contribution is 2.31. The Bertz CT molecular complexity index is 1040. The molecule has 11 heteroatoms. The van der Waals surface area contributed by atoms with Crippen LogP contribution in [0.25, 0.3) is 11.2 Å². The van der Waals surface area contributed by atoms with Crippen molar-refractivity contribution in [2.45, 2.75) is 84.1 Å². The summed E-state index contributed by atoms with van der Waals surface area (Å²) in [7, 11) is 0. The lowest BCUT2D eigenvalue weighted by molar-refractivity contribution is -0.137. The molecule has 1 amide bonds. The number of imidazole rings is 1. The van der Waals surface area contributed by atoms with Crippen molar-refractivity contribution in [3.63, 3.8) is 0 Å². The number of likely N-dealkylation sites (N-methyl/N-ethyl adjacent to an activating group) is 1. The first-order valence-electron chi connectivity index (χ1n) is 10.9. The van der Waals surface area contributed by atoms with Crippen molar-refractivity contribution in [2.75, 3.05) is 6.54 Å². The minimum atomic E-state index is -1.47. The Kier molecular flexibility index (Phi) is 7.29. The van der Waals surface area contributed by atoms with E-state index >= 15 is 0 Å². The van der Waals surface area contributed by atoms with E-state index in [1.165, 1.54) is 20.0 Å². The molecular weight excluding hydrogens is 406 g/mol. The summed E-state index contributed by atoms with van der Waals surface area (Å²) in [5.74, 6) is -0.554. The number of hydrogen-bond donors (Lipinski definition) is 3. The number of rotatable bonds is 9. The van der Waals surface area contributed by atoms with Gasteiger partial charge in [-0.15, -0.1) is 0 Å². The molecule has 11 nitrogen and oxygen atoms in total. The van der Waals surface area contributed by atoms with Crippen LogP contribution in [-0.2, 0) is 22.6 Å². The first kappa shape index (κ1) is 23.2. The number of carbonyl (C=O) groups is 1. The predicted octanol–water partition coefficient (Wildman–Crippen LogP) is -0.285. The number of aryl methyl sites for hydroxylation is 1. The molecule has 2 aromatic heterocycles. The van der Waals surface area contributed by atoms with Gasteiger partial charge in [0.1, 0.15) is 12.2 Å². The lowest BCUT2D eigenvalue weighted by Gasteiger charge is -2.18. The highest BCUT2D eigenvalue weighted by atomic mass is 16.6. The van der Waals surface area contributed by atoms with Gasteiger partial charge in [-0.05, 0) is 19.8 Å². The molecule has 1 aliphatic rings. The predicted molar refractivity (Wildman–Crippen MR) is 113 cm³/mol. The minimum absolute atomic E-state index is 0.0969. The Morgan fingerprint density at radius 2 is 1.74 bits per heavy atom. The molecule has 4 atom stereocenters. The smallest absolute Gasteiger partial charge is 0.332 e. The van der Waals surface area contributed by atoms with E-state index in [0.717, 1.165) is 19.3 Å². The zero-order valence-electron chi connectivity index (χ0n) is 18.2. The Labute approximate surface area is 179 Å². The van der Waals surface area contributed by atoms with Crippen molar-refractivity contribution < 1.29 is 19.7 Å². The van der Waals surface area contributed by atoms with Crippen molar-refractivity contribution in [1.82, 2.24) is 24.0 Å². The molecule has 3 heterocycles. The van der Waals surface area contributed by atoms with Crippen LogP contribution in [0, 0.1) is 0 Å². The SMILES string of the molecule is CCCCn1c(=O)c2c(ncn2[C@@H]2O[C@H](C(=O)NCC)[C@@H](O)[C@H]2O)n(CCCC)c1=O. The molecule has 3 N–H and O–H groups in total. The van der Waals surface area contributed by atoms with Crippen LogP contribution in [0.4, 0.5) is 0 Å². The van der Waals surface area contributed by atoms with Gasteiger partial charge >= 0.3 is 5.69 Å². The average Bonchev–Trinajstić information content (AvgIpc) is 3.30. The van der Waals surface area contributed by atoms with Crippen LogP contribution in [0.1, 0.15) is 52.7 Å². The second-order valence-electron chi connectivity index (χ2n) is 7.75. The maximum absolute atomic E-state index is 13.2. The number of aliphatic hydroxyl groups is 2. The number of nitrogens with zero attached hydrogens (tertiary/aromatic N) is 4. The number of aliphatic hydroxyl groups excluding tert-OH is 2. The van der Waals surface area contributed by atoms with E-state index in [4.69, 9.17) is 4.74 Å². The molecule has 0 spiro atoms. The summed E-state index contributed by atoms with van der Waals surface area (Å²) in [6, 6.07) is 0. The maximum Gasteiger partial charge on any atom is 0.332 e. The van der Waals surface area contributed by atoms with Crippen LogP contribution in [0.2, 0.25) is 0 Å². The molecule has 1 aliphatic heterocycles. The zero-order valence-corrected chi connectivity index (χ0v) is 18.2. The summed E-state index contributed by atoms with van der Waals surface area (Å²) < 4.78 is 9.61. The van der Waals surface area contributed by atoms with Crippen molar-refractivity contribution in [3.05, 3.63) is 27.2 Å². The fourth-order valence-corrected chi connectivity index (χ4v) is 3.81. The van der Waals surface area contributed by atoms with Gasteiger partial charge in [0, 0.05) is 19.6 Å². The summed E-state index contributed by atoms with van der Waals surface area (Å²) in [4.78, 5) is 42.7. The quantitative estimate of drug-likeness (QED) is 0.490. The number of ether oxygens (including phenoxy) is 1. The largest absolute Gasteiger partial charge is 0.387 e. The molecule has 2 aromatic rings. The standard InChI is InChI=1S/C20H31N5O6/c1-4-7-9-23-16-12(18(29)24(20(23)30)10-8-5-2)25(11-22-16)19-14(27)13(26)15(31-19)17(28)21-6-3/h11,13-15,19,26-27H,4-10H2,1-3H3,(H,21,28)/t13-,14+,15-,19+/m0/s1. The maximum atomic E-state index is 13.2. The molecule has 0 bridgehead atoms. The monoisotopic (exact) mass is 437 g/mol. The van der Waals surface area contributed by atoms with Gasteiger partial charge in [0.05, 0.1) is 6.33 Å². The molecule has 31 heavy (non-hydrogen) atoms. The number of nitrogens with one attached hydrogen (secondary N) is 1. The fourth-order valence-electron chi connectivity index (χ4n) is 3.81. The molecule has 1 fully saturated rings. The van der Waals surface area contributed by atoms with E-state index < -0.39 is 41.7 Å². The van der Waals surface area contributed by atoms with E-state index in [1.807, 2.05) is 13.8 Å². The number of hydrogen-bond acceptors (Lipinski definition) is 7. The van der Waals surface area contributed by atoms with Gasteiger partial charge < -0.3 is 20.3 Å². The lowest BCUT2D eigenvalue weighted by atomic mass is 10.1. The van der Waals surface area contributed by atoms with Crippen LogP contribution < -0.4 is 16.6 Å². The third kappa shape index (κ3) is 4.17. The van der Waals surface area contributed by atoms with E-state index in [-0.39, 0.29) is 17.7 Å². The van der Waals surface area contributed by atoms with Crippen molar-refractivity contribution in [3.8, 4) is 0 Å². The molecule has 3 rings (SSSR count). The molecule has 172 valence electrons. The molecule has 0 aromatic carbocycles. The minimum Gasteiger partial charge on any atom is -0.387 e. The van der Waals surface area contributed by atoms with Crippen molar-refractivity contribution in [1.29, 1.82) is 0 Å². The fraction of sp³-hybridized carbons (Fsp3) is 0.700.